The molecule has 0 spiro atoms. The van der Waals surface area contributed by atoms with Crippen LogP contribution in [-0.4, -0.2) is 317 Å². The zero-order valence-electron chi connectivity index (χ0n) is 56.8. The van der Waals surface area contributed by atoms with Crippen LogP contribution >= 0.6 is 0 Å². The summed E-state index contributed by atoms with van der Waals surface area (Å²) in [6.07, 6.45) is -32.7. The second-order valence-electron chi connectivity index (χ2n) is 26.3. The summed E-state index contributed by atoms with van der Waals surface area (Å²) in [5.74, 6) is -11.0. The van der Waals surface area contributed by atoms with E-state index in [0.717, 1.165) is 4.90 Å². The highest BCUT2D eigenvalue weighted by molar-refractivity contribution is 5.98. The summed E-state index contributed by atoms with van der Waals surface area (Å²) >= 11 is 0. The fourth-order valence-corrected chi connectivity index (χ4v) is 13.2. The normalized spacial score (nSPS) is 33.8. The van der Waals surface area contributed by atoms with Crippen LogP contribution < -0.4 is 53.4 Å². The molecule has 5 unspecified atom stereocenters. The standard InChI is InChI=1S/C68H88N12O26/c1-29(31-11-5-2-6-12-31)44-60(97)74-35(21-30-17-19-34(20-18-30)102-65-56(94)53(91)57(106-66-55(93)52(90)50(88)40(27-83)104-66)41(105-65)28-101-64(100)43(32-13-7-3-8-14-32)33-15-9-4-10-16-33)59(96)78-45(47(85)36-22-72-67(69)76-36)62(99)79-46(61(98)75-37(25-81)58(95)71-24-42(84)77-44)48(86)38-23-73-68(70)80(38)63-54(92)51(89)49(87)39(26-82)103-63/h2-20,29,35-41,43-57,63,65-66,81-83,85-94H,21-28H2,1H3,(H2,70,73)(H,71,95)(H,74,97)(H,75,98)(H,77,84)(H,78,96)(H,79,99)(H3,69,72,76)/t29?,35-,36?,37+,38?,39-,40-,41-,44+,45+,46-,47?,48?,49-,50-,51+,52+,53-,54+,55+,56+,57-,63+,65+,66-/m1/s1. The molecule has 0 bridgehead atoms. The number of hydrogen-bond acceptors (Lipinski definition) is 32. The van der Waals surface area contributed by atoms with E-state index in [1.165, 1.54) is 24.3 Å². The average Bonchev–Trinajstić information content (AvgIpc) is 1.52. The van der Waals surface area contributed by atoms with Gasteiger partial charge >= 0.3 is 5.97 Å². The van der Waals surface area contributed by atoms with Crippen molar-refractivity contribution in [1.82, 2.24) is 42.1 Å². The highest BCUT2D eigenvalue weighted by atomic mass is 16.7. The Labute approximate surface area is 604 Å². The number of amides is 6. The Kier molecular flexibility index (Phi) is 26.6. The van der Waals surface area contributed by atoms with Crippen LogP contribution in [0.4, 0.5) is 0 Å². The number of carbonyl (C=O) groups excluding carboxylic acids is 7. The molecule has 25 atom stereocenters. The molecule has 4 aromatic rings. The largest absolute Gasteiger partial charge is 0.462 e. The van der Waals surface area contributed by atoms with E-state index in [-0.39, 0.29) is 23.8 Å². The molecule has 6 aliphatic rings. The number of carbonyl (C=O) groups is 7. The van der Waals surface area contributed by atoms with Crippen molar-refractivity contribution in [2.75, 3.05) is 46.1 Å². The molecule has 0 aromatic heterocycles. The maximum atomic E-state index is 15.3. The topological polar surface area (TPSA) is 602 Å². The Hall–Kier alpha value is -9.17. The van der Waals surface area contributed by atoms with Gasteiger partial charge in [-0.3, -0.25) is 43.5 Å². The summed E-state index contributed by atoms with van der Waals surface area (Å²) in [5, 5.41) is 161. The van der Waals surface area contributed by atoms with Crippen LogP contribution in [0.1, 0.15) is 41.0 Å². The Bertz CT molecular complexity index is 3690. The first-order valence-electron chi connectivity index (χ1n) is 34.0. The maximum absolute atomic E-state index is 15.3. The SMILES string of the molecule is CC(c1ccccc1)[C@@H]1NC(=O)CNC(=O)[C@H](CO)NC(=O)[C@@H](C(O)C2CN=C(N)N2[C@H]2O[C@H](CO)[C@@H](O)[C@H](O)[C@@H]2O)NC(=O)[C@H](C(O)C2CN=C(N)N2)NC(=O)[C@@H](Cc2ccc(O[C@H]3O[C@H](COC(=O)C(c4ccccc4)c4ccccc4)[C@@H](O[C@H]4O[C@H](CO)[C@@H](O)[C@H](O)[C@@H]4O)[C@H](O)[C@@H]3O)cc2)NC1=O. The van der Waals surface area contributed by atoms with Gasteiger partial charge in [-0.15, -0.1) is 0 Å². The Morgan fingerprint density at radius 1 is 0.547 bits per heavy atom. The fourth-order valence-electron chi connectivity index (χ4n) is 13.2. The minimum Gasteiger partial charge on any atom is -0.462 e. The van der Waals surface area contributed by atoms with Crippen LogP contribution in [0, 0.1) is 0 Å². The van der Waals surface area contributed by atoms with E-state index in [4.69, 9.17) is 39.9 Å². The first kappa shape index (κ1) is 79.4. The van der Waals surface area contributed by atoms with E-state index in [2.05, 4.69) is 47.2 Å². The van der Waals surface area contributed by atoms with Gasteiger partial charge in [0.25, 0.3) is 0 Å². The molecule has 576 valence electrons. The van der Waals surface area contributed by atoms with Crippen LogP contribution in [0.5, 0.6) is 5.75 Å². The first-order chi connectivity index (χ1) is 50.7. The molecule has 0 aliphatic carbocycles. The van der Waals surface area contributed by atoms with Crippen LogP contribution in [-0.2, 0) is 63.7 Å². The molecule has 106 heavy (non-hydrogen) atoms. The Morgan fingerprint density at radius 2 is 1.08 bits per heavy atom. The van der Waals surface area contributed by atoms with Gasteiger partial charge in [-0.2, -0.15) is 0 Å². The highest BCUT2D eigenvalue weighted by Crippen LogP contribution is 2.34. The number of guanidine groups is 2. The number of ether oxygens (including phenoxy) is 6. The number of nitrogens with zero attached hydrogens (tertiary/aromatic N) is 3. The van der Waals surface area contributed by atoms with Crippen molar-refractivity contribution < 1.29 is 128 Å². The highest BCUT2D eigenvalue weighted by Gasteiger charge is 2.55. The summed E-state index contributed by atoms with van der Waals surface area (Å²) in [7, 11) is 0. The second-order valence-corrected chi connectivity index (χ2v) is 26.3. The number of esters is 1. The van der Waals surface area contributed by atoms with Gasteiger partial charge < -0.3 is 148 Å². The van der Waals surface area contributed by atoms with Gasteiger partial charge in [-0.1, -0.05) is 110 Å². The number of hydrogen-bond donors (Lipinski definition) is 22. The summed E-state index contributed by atoms with van der Waals surface area (Å²) in [5.41, 5.74) is 13.9. The lowest BCUT2D eigenvalue weighted by Gasteiger charge is -2.46. The van der Waals surface area contributed by atoms with Crippen LogP contribution in [0.3, 0.4) is 0 Å². The predicted octanol–water partition coefficient (Wildman–Crippen LogP) is -10.2. The zero-order valence-corrected chi connectivity index (χ0v) is 56.8. The number of rotatable bonds is 21. The minimum atomic E-state index is -2.37. The summed E-state index contributed by atoms with van der Waals surface area (Å²) in [6, 6.07) is 17.8. The molecular weight excluding hydrogens is 1400 g/mol. The molecule has 38 heteroatoms. The van der Waals surface area contributed by atoms with Crippen LogP contribution in [0.25, 0.3) is 0 Å². The minimum absolute atomic E-state index is 0.110. The number of nitrogens with two attached hydrogens (primary N) is 2. The molecule has 24 N–H and O–H groups in total. The third-order valence-corrected chi connectivity index (χ3v) is 19.2. The van der Waals surface area contributed by atoms with E-state index in [1.807, 2.05) is 0 Å². The van der Waals surface area contributed by atoms with Gasteiger partial charge in [0.05, 0.1) is 51.5 Å². The van der Waals surface area contributed by atoms with Crippen LogP contribution in [0.15, 0.2) is 125 Å². The van der Waals surface area contributed by atoms with Gasteiger partial charge in [0.2, 0.25) is 41.7 Å². The molecule has 0 saturated carbocycles. The van der Waals surface area contributed by atoms with E-state index in [9.17, 15) is 85.6 Å². The van der Waals surface area contributed by atoms with Crippen molar-refractivity contribution in [3.63, 3.8) is 0 Å². The van der Waals surface area contributed by atoms with Crippen molar-refractivity contribution in [3.05, 3.63) is 138 Å². The van der Waals surface area contributed by atoms with Crippen molar-refractivity contribution in [2.45, 2.75) is 172 Å². The first-order valence-corrected chi connectivity index (χ1v) is 34.0. The van der Waals surface area contributed by atoms with Crippen LogP contribution in [0.2, 0.25) is 0 Å². The number of aliphatic hydroxyl groups is 13. The maximum Gasteiger partial charge on any atom is 0.318 e. The summed E-state index contributed by atoms with van der Waals surface area (Å²) < 4.78 is 35.5. The summed E-state index contributed by atoms with van der Waals surface area (Å²) in [6.45, 7) is -3.94. The van der Waals surface area contributed by atoms with E-state index < -0.39 is 252 Å². The Balaban J connectivity index is 0.959. The smallest absolute Gasteiger partial charge is 0.318 e. The second kappa shape index (κ2) is 35.5. The zero-order chi connectivity index (χ0) is 76.4. The Morgan fingerprint density at radius 3 is 1.68 bits per heavy atom. The van der Waals surface area contributed by atoms with Crippen molar-refractivity contribution >= 4 is 53.3 Å². The molecule has 4 fully saturated rings. The quantitative estimate of drug-likeness (QED) is 0.0345. The molecular formula is C68H88N12O26. The van der Waals surface area contributed by atoms with E-state index >= 15 is 14.4 Å². The predicted molar refractivity (Wildman–Crippen MR) is 362 cm³/mol. The van der Waals surface area contributed by atoms with Crippen molar-refractivity contribution in [2.24, 2.45) is 21.5 Å². The third kappa shape index (κ3) is 18.1. The molecule has 0 radical (unpaired) electrons. The number of nitrogens with one attached hydrogen (secondary N) is 7. The third-order valence-electron chi connectivity index (χ3n) is 19.2. The lowest BCUT2D eigenvalue weighted by molar-refractivity contribution is -0.352. The molecule has 6 amide bonds. The van der Waals surface area contributed by atoms with Gasteiger partial charge in [0, 0.05) is 12.3 Å². The van der Waals surface area contributed by atoms with Gasteiger partial charge in [-0.05, 0) is 34.4 Å². The van der Waals surface area contributed by atoms with Crippen molar-refractivity contribution in [3.8, 4) is 5.75 Å². The van der Waals surface area contributed by atoms with E-state index in [0.29, 0.717) is 16.7 Å². The van der Waals surface area contributed by atoms with Gasteiger partial charge in [-0.25, -0.2) is 0 Å². The molecule has 6 heterocycles. The molecule has 4 saturated heterocycles. The van der Waals surface area contributed by atoms with Crippen molar-refractivity contribution in [1.29, 1.82) is 0 Å². The number of aliphatic hydroxyl groups excluding tert-OH is 13. The van der Waals surface area contributed by atoms with Gasteiger partial charge in [0.15, 0.2) is 24.4 Å². The number of aliphatic imine (C=N–C) groups is 2. The lowest BCUT2D eigenvalue weighted by Crippen LogP contribution is -2.70. The van der Waals surface area contributed by atoms with E-state index in [1.54, 1.807) is 97.9 Å². The molecule has 4 aromatic carbocycles. The lowest BCUT2D eigenvalue weighted by atomic mass is 9.91. The molecule has 6 aliphatic heterocycles. The monoisotopic (exact) mass is 1490 g/mol. The fraction of sp³-hybridized carbons (Fsp3) is 0.515. The van der Waals surface area contributed by atoms with Gasteiger partial charge in [0.1, 0.15) is 134 Å². The number of benzene rings is 4. The summed E-state index contributed by atoms with van der Waals surface area (Å²) in [4.78, 5) is 111. The molecule has 38 nitrogen and oxygen atoms in total. The average molecular weight is 1490 g/mol. The molecule has 10 rings (SSSR count).